The second-order valence-corrected chi connectivity index (χ2v) is 17.6. The molecule has 0 spiro atoms. The summed E-state index contributed by atoms with van der Waals surface area (Å²) in [7, 11) is 0. The summed E-state index contributed by atoms with van der Waals surface area (Å²) in [4.78, 5) is 37.7. The van der Waals surface area contributed by atoms with Gasteiger partial charge in [0.15, 0.2) is 6.10 Å². The molecule has 0 amide bonds. The first-order valence-corrected chi connectivity index (χ1v) is 23.6. The Bertz CT molecular complexity index is 839. The molecule has 0 saturated heterocycles. The van der Waals surface area contributed by atoms with Gasteiger partial charge >= 0.3 is 17.9 Å². The highest BCUT2D eigenvalue weighted by molar-refractivity contribution is 5.71. The SMILES string of the molecule is CCC(C)CCCCCCCCCCC(=O)O[C@H](COC(=O)CCCCCCCCCCCCCC(C)C)COC(=O)CCCCCCCCCC(C)C. The van der Waals surface area contributed by atoms with Crippen LogP contribution in [-0.4, -0.2) is 37.2 Å². The van der Waals surface area contributed by atoms with Gasteiger partial charge in [-0.2, -0.15) is 0 Å². The Balaban J connectivity index is 4.34. The number of ether oxygens (including phenoxy) is 3. The van der Waals surface area contributed by atoms with Crippen LogP contribution in [0.1, 0.15) is 253 Å². The number of esters is 3. The molecule has 0 aromatic carbocycles. The van der Waals surface area contributed by atoms with Gasteiger partial charge in [-0.3, -0.25) is 14.4 Å². The first-order valence-electron chi connectivity index (χ1n) is 23.6. The summed E-state index contributed by atoms with van der Waals surface area (Å²) < 4.78 is 16.7. The third-order valence-corrected chi connectivity index (χ3v) is 11.0. The standard InChI is InChI=1S/C48H92O6/c1-7-44(6)36-30-24-18-13-14-20-27-33-39-48(51)54-45(41-53-47(50)38-32-26-21-15-17-23-29-35-43(4)5)40-52-46(49)37-31-25-19-12-10-8-9-11-16-22-28-34-42(2)3/h42-45H,7-41H2,1-6H3/t44?,45-/m1/s1. The molecule has 0 bridgehead atoms. The van der Waals surface area contributed by atoms with Gasteiger partial charge < -0.3 is 14.2 Å². The molecule has 320 valence electrons. The lowest BCUT2D eigenvalue weighted by atomic mass is 9.99. The number of hydrogen-bond acceptors (Lipinski definition) is 6. The summed E-state index contributed by atoms with van der Waals surface area (Å²) in [5.41, 5.74) is 0. The lowest BCUT2D eigenvalue weighted by Crippen LogP contribution is -2.30. The van der Waals surface area contributed by atoms with Crippen molar-refractivity contribution in [1.29, 1.82) is 0 Å². The first kappa shape index (κ1) is 52.4. The van der Waals surface area contributed by atoms with Crippen molar-refractivity contribution < 1.29 is 28.6 Å². The molecule has 0 aliphatic carbocycles. The van der Waals surface area contributed by atoms with E-state index in [0.29, 0.717) is 19.3 Å². The minimum Gasteiger partial charge on any atom is -0.462 e. The second-order valence-electron chi connectivity index (χ2n) is 17.6. The normalized spacial score (nSPS) is 12.7. The van der Waals surface area contributed by atoms with Crippen LogP contribution in [0.15, 0.2) is 0 Å². The van der Waals surface area contributed by atoms with Crippen molar-refractivity contribution in [3.8, 4) is 0 Å². The van der Waals surface area contributed by atoms with Crippen LogP contribution < -0.4 is 0 Å². The van der Waals surface area contributed by atoms with Crippen molar-refractivity contribution in [2.24, 2.45) is 17.8 Å². The van der Waals surface area contributed by atoms with Crippen LogP contribution in [0.2, 0.25) is 0 Å². The fraction of sp³-hybridized carbons (Fsp3) is 0.938. The van der Waals surface area contributed by atoms with Crippen molar-refractivity contribution in [1.82, 2.24) is 0 Å². The average Bonchev–Trinajstić information content (AvgIpc) is 3.14. The molecule has 0 rings (SSSR count). The number of carbonyl (C=O) groups excluding carboxylic acids is 3. The maximum absolute atomic E-state index is 12.7. The Hall–Kier alpha value is -1.59. The van der Waals surface area contributed by atoms with Gasteiger partial charge in [-0.15, -0.1) is 0 Å². The van der Waals surface area contributed by atoms with E-state index in [9.17, 15) is 14.4 Å². The molecule has 0 radical (unpaired) electrons. The Morgan fingerprint density at radius 1 is 0.370 bits per heavy atom. The summed E-state index contributed by atoms with van der Waals surface area (Å²) in [6, 6.07) is 0. The van der Waals surface area contributed by atoms with Gasteiger partial charge in [0.25, 0.3) is 0 Å². The number of carbonyl (C=O) groups is 3. The van der Waals surface area contributed by atoms with Gasteiger partial charge in [0.1, 0.15) is 13.2 Å². The van der Waals surface area contributed by atoms with Crippen LogP contribution in [0.3, 0.4) is 0 Å². The molecular weight excluding hydrogens is 673 g/mol. The summed E-state index contributed by atoms with van der Waals surface area (Å²) in [6.45, 7) is 13.6. The Labute approximate surface area is 336 Å². The number of unbranched alkanes of at least 4 members (excludes halogenated alkanes) is 23. The first-order chi connectivity index (χ1) is 26.1. The van der Waals surface area contributed by atoms with E-state index in [1.807, 2.05) is 0 Å². The van der Waals surface area contributed by atoms with Crippen LogP contribution in [-0.2, 0) is 28.6 Å². The van der Waals surface area contributed by atoms with Crippen molar-refractivity contribution in [3.63, 3.8) is 0 Å². The van der Waals surface area contributed by atoms with E-state index in [1.165, 1.54) is 135 Å². The van der Waals surface area contributed by atoms with Crippen LogP contribution in [0.4, 0.5) is 0 Å². The highest BCUT2D eigenvalue weighted by atomic mass is 16.6. The van der Waals surface area contributed by atoms with Gasteiger partial charge in [-0.05, 0) is 37.0 Å². The molecular formula is C48H92O6. The summed E-state index contributed by atoms with van der Waals surface area (Å²) in [6.07, 6.45) is 36.6. The Morgan fingerprint density at radius 2 is 0.648 bits per heavy atom. The molecule has 54 heavy (non-hydrogen) atoms. The zero-order valence-corrected chi connectivity index (χ0v) is 37.0. The zero-order chi connectivity index (χ0) is 39.9. The minimum atomic E-state index is -0.762. The van der Waals surface area contributed by atoms with E-state index < -0.39 is 6.10 Å². The monoisotopic (exact) mass is 765 g/mol. The molecule has 0 aromatic rings. The maximum Gasteiger partial charge on any atom is 0.306 e. The van der Waals surface area contributed by atoms with E-state index in [2.05, 4.69) is 41.5 Å². The molecule has 6 heteroatoms. The average molecular weight is 765 g/mol. The molecule has 0 aromatic heterocycles. The van der Waals surface area contributed by atoms with E-state index in [4.69, 9.17) is 14.2 Å². The van der Waals surface area contributed by atoms with Gasteiger partial charge in [-0.25, -0.2) is 0 Å². The molecule has 6 nitrogen and oxygen atoms in total. The van der Waals surface area contributed by atoms with Crippen molar-refractivity contribution in [3.05, 3.63) is 0 Å². The molecule has 0 aliphatic rings. The second kappa shape index (κ2) is 39.6. The number of hydrogen-bond donors (Lipinski definition) is 0. The maximum atomic E-state index is 12.7. The molecule has 0 N–H and O–H groups in total. The number of rotatable bonds is 41. The van der Waals surface area contributed by atoms with Gasteiger partial charge in [0.05, 0.1) is 0 Å². The Kier molecular flexibility index (Phi) is 38.5. The highest BCUT2D eigenvalue weighted by Gasteiger charge is 2.19. The van der Waals surface area contributed by atoms with Gasteiger partial charge in [-0.1, -0.05) is 215 Å². The lowest BCUT2D eigenvalue weighted by Gasteiger charge is -2.18. The molecule has 0 saturated carbocycles. The predicted octanol–water partition coefficient (Wildman–Crippen LogP) is 14.8. The molecule has 0 fully saturated rings. The highest BCUT2D eigenvalue weighted by Crippen LogP contribution is 2.17. The Morgan fingerprint density at radius 3 is 0.963 bits per heavy atom. The fourth-order valence-electron chi connectivity index (χ4n) is 7.02. The van der Waals surface area contributed by atoms with Gasteiger partial charge in [0.2, 0.25) is 0 Å². The van der Waals surface area contributed by atoms with E-state index in [0.717, 1.165) is 75.5 Å². The zero-order valence-electron chi connectivity index (χ0n) is 37.0. The van der Waals surface area contributed by atoms with E-state index in [-0.39, 0.29) is 31.1 Å². The topological polar surface area (TPSA) is 78.9 Å². The van der Waals surface area contributed by atoms with Crippen molar-refractivity contribution >= 4 is 17.9 Å². The molecule has 0 aliphatic heterocycles. The van der Waals surface area contributed by atoms with Crippen LogP contribution >= 0.6 is 0 Å². The van der Waals surface area contributed by atoms with Crippen LogP contribution in [0.25, 0.3) is 0 Å². The minimum absolute atomic E-state index is 0.0663. The van der Waals surface area contributed by atoms with Crippen LogP contribution in [0, 0.1) is 17.8 Å². The molecule has 1 unspecified atom stereocenters. The lowest BCUT2D eigenvalue weighted by molar-refractivity contribution is -0.167. The predicted molar refractivity (Wildman–Crippen MR) is 229 cm³/mol. The summed E-state index contributed by atoms with van der Waals surface area (Å²) in [5, 5.41) is 0. The quantitative estimate of drug-likeness (QED) is 0.0350. The van der Waals surface area contributed by atoms with Crippen molar-refractivity contribution in [2.75, 3.05) is 13.2 Å². The van der Waals surface area contributed by atoms with Crippen molar-refractivity contribution in [2.45, 2.75) is 260 Å². The van der Waals surface area contributed by atoms with Crippen LogP contribution in [0.5, 0.6) is 0 Å². The largest absolute Gasteiger partial charge is 0.462 e. The summed E-state index contributed by atoms with van der Waals surface area (Å²) in [5.74, 6) is 1.59. The summed E-state index contributed by atoms with van der Waals surface area (Å²) >= 11 is 0. The van der Waals surface area contributed by atoms with E-state index in [1.54, 1.807) is 0 Å². The smallest absolute Gasteiger partial charge is 0.306 e. The third kappa shape index (κ3) is 40.1. The fourth-order valence-corrected chi connectivity index (χ4v) is 7.02. The van der Waals surface area contributed by atoms with Gasteiger partial charge in [0, 0.05) is 19.3 Å². The molecule has 2 atom stereocenters. The molecule has 0 heterocycles. The van der Waals surface area contributed by atoms with E-state index >= 15 is 0 Å². The third-order valence-electron chi connectivity index (χ3n) is 11.0.